The summed E-state index contributed by atoms with van der Waals surface area (Å²) in [5.74, 6) is 1.58. The highest BCUT2D eigenvalue weighted by Gasteiger charge is 2.09. The molecule has 0 bridgehead atoms. The Hall–Kier alpha value is -2.11. The van der Waals surface area contributed by atoms with E-state index >= 15 is 0 Å². The first-order chi connectivity index (χ1) is 9.54. The molecule has 6 heteroatoms. The Kier molecular flexibility index (Phi) is 4.55. The first-order valence-electron chi connectivity index (χ1n) is 6.73. The lowest BCUT2D eigenvalue weighted by Crippen LogP contribution is -2.07. The number of hydrogen-bond donors (Lipinski definition) is 1. The quantitative estimate of drug-likeness (QED) is 0.874. The summed E-state index contributed by atoms with van der Waals surface area (Å²) in [7, 11) is 0. The fraction of sp³-hybridized carbons (Fsp3) is 0.500. The van der Waals surface area contributed by atoms with Gasteiger partial charge in [0.2, 0.25) is 5.88 Å². The van der Waals surface area contributed by atoms with E-state index in [1.165, 1.54) is 0 Å². The van der Waals surface area contributed by atoms with Gasteiger partial charge in [-0.15, -0.1) is 0 Å². The molecule has 0 spiro atoms. The zero-order valence-corrected chi connectivity index (χ0v) is 12.3. The Morgan fingerprint density at radius 1 is 1.25 bits per heavy atom. The second-order valence-corrected chi connectivity index (χ2v) is 5.14. The molecule has 0 aromatic carbocycles. The van der Waals surface area contributed by atoms with Crippen molar-refractivity contribution in [3.63, 3.8) is 0 Å². The monoisotopic (exact) mass is 276 g/mol. The smallest absolute Gasteiger partial charge is 0.321 e. The average molecular weight is 276 g/mol. The molecule has 2 heterocycles. The van der Waals surface area contributed by atoms with Crippen LogP contribution in [0.25, 0.3) is 0 Å². The van der Waals surface area contributed by atoms with Gasteiger partial charge in [-0.1, -0.05) is 25.1 Å². The minimum absolute atomic E-state index is 0.124. The summed E-state index contributed by atoms with van der Waals surface area (Å²) >= 11 is 0. The molecule has 0 aliphatic carbocycles. The third-order valence-electron chi connectivity index (χ3n) is 2.56. The normalized spacial score (nSPS) is 11.1. The van der Waals surface area contributed by atoms with Crippen molar-refractivity contribution in [3.05, 3.63) is 29.7 Å². The van der Waals surface area contributed by atoms with Crippen LogP contribution in [-0.2, 0) is 6.54 Å². The number of hydrogen-bond acceptors (Lipinski definition) is 6. The van der Waals surface area contributed by atoms with E-state index in [1.807, 2.05) is 39.8 Å². The van der Waals surface area contributed by atoms with E-state index in [2.05, 4.69) is 20.4 Å². The van der Waals surface area contributed by atoms with Gasteiger partial charge in [-0.05, 0) is 19.4 Å². The van der Waals surface area contributed by atoms with Gasteiger partial charge in [-0.3, -0.25) is 0 Å². The van der Waals surface area contributed by atoms with Gasteiger partial charge < -0.3 is 14.6 Å². The molecular formula is C14H20N4O2. The fourth-order valence-electron chi connectivity index (χ4n) is 1.55. The van der Waals surface area contributed by atoms with E-state index in [-0.39, 0.29) is 12.0 Å². The fourth-order valence-corrected chi connectivity index (χ4v) is 1.55. The van der Waals surface area contributed by atoms with Crippen LogP contribution >= 0.6 is 0 Å². The average Bonchev–Trinajstić information content (AvgIpc) is 2.86. The first-order valence-corrected chi connectivity index (χ1v) is 6.73. The molecule has 1 N–H and O–H groups in total. The molecule has 2 rings (SSSR count). The number of aromatic nitrogens is 3. The van der Waals surface area contributed by atoms with Gasteiger partial charge in [0.15, 0.2) is 5.82 Å². The molecule has 0 saturated carbocycles. The van der Waals surface area contributed by atoms with Gasteiger partial charge in [-0.2, -0.15) is 4.98 Å². The second-order valence-electron chi connectivity index (χ2n) is 5.14. The third-order valence-corrected chi connectivity index (χ3v) is 2.56. The van der Waals surface area contributed by atoms with Crippen LogP contribution in [0.3, 0.4) is 0 Å². The molecular weight excluding hydrogens is 256 g/mol. The standard InChI is InChI=1S/C14H20N4O2/c1-9(2)13-17-14(20-18-13)16-8-11-5-6-12(15-7-11)19-10(3)4/h5-7,9-10H,8H2,1-4H3,(H,16,17,18). The van der Waals surface area contributed by atoms with E-state index in [1.54, 1.807) is 6.20 Å². The van der Waals surface area contributed by atoms with Crippen LogP contribution in [0, 0.1) is 0 Å². The molecule has 0 unspecified atom stereocenters. The molecule has 6 nitrogen and oxygen atoms in total. The maximum Gasteiger partial charge on any atom is 0.321 e. The van der Waals surface area contributed by atoms with E-state index in [0.29, 0.717) is 24.3 Å². The second kappa shape index (κ2) is 6.36. The number of anilines is 1. The summed E-state index contributed by atoms with van der Waals surface area (Å²) in [5.41, 5.74) is 1.02. The summed E-state index contributed by atoms with van der Waals surface area (Å²) in [5, 5.41) is 6.97. The van der Waals surface area contributed by atoms with Crippen LogP contribution in [0.2, 0.25) is 0 Å². The van der Waals surface area contributed by atoms with E-state index in [9.17, 15) is 0 Å². The summed E-state index contributed by atoms with van der Waals surface area (Å²) in [6, 6.07) is 4.23. The zero-order chi connectivity index (χ0) is 14.5. The molecule has 20 heavy (non-hydrogen) atoms. The van der Waals surface area contributed by atoms with Crippen molar-refractivity contribution in [2.45, 2.75) is 46.3 Å². The molecule has 2 aromatic heterocycles. The maximum absolute atomic E-state index is 5.49. The van der Waals surface area contributed by atoms with Crippen molar-refractivity contribution in [2.75, 3.05) is 5.32 Å². The SMILES string of the molecule is CC(C)Oc1ccc(CNc2nc(C(C)C)no2)cn1. The molecule has 0 aliphatic heterocycles. The first kappa shape index (κ1) is 14.3. The van der Waals surface area contributed by atoms with Crippen molar-refractivity contribution in [1.82, 2.24) is 15.1 Å². The number of ether oxygens (including phenoxy) is 1. The summed E-state index contributed by atoms with van der Waals surface area (Å²) in [4.78, 5) is 8.48. The lowest BCUT2D eigenvalue weighted by Gasteiger charge is -2.08. The molecule has 2 aromatic rings. The number of rotatable bonds is 6. The van der Waals surface area contributed by atoms with Gasteiger partial charge in [0, 0.05) is 24.7 Å². The van der Waals surface area contributed by atoms with Gasteiger partial charge in [0.25, 0.3) is 0 Å². The number of pyridine rings is 1. The van der Waals surface area contributed by atoms with Gasteiger partial charge >= 0.3 is 6.01 Å². The third kappa shape index (κ3) is 3.94. The minimum atomic E-state index is 0.124. The van der Waals surface area contributed by atoms with E-state index in [4.69, 9.17) is 9.26 Å². The Balaban J connectivity index is 1.90. The van der Waals surface area contributed by atoms with Crippen LogP contribution in [0.5, 0.6) is 5.88 Å². The molecule has 0 saturated heterocycles. The van der Waals surface area contributed by atoms with Crippen LogP contribution < -0.4 is 10.1 Å². The highest BCUT2D eigenvalue weighted by atomic mass is 16.5. The van der Waals surface area contributed by atoms with Gasteiger partial charge in [0.1, 0.15) is 0 Å². The molecule has 0 fully saturated rings. The van der Waals surface area contributed by atoms with Gasteiger partial charge in [0.05, 0.1) is 6.10 Å². The van der Waals surface area contributed by atoms with Crippen molar-refractivity contribution >= 4 is 6.01 Å². The minimum Gasteiger partial charge on any atom is -0.475 e. The highest BCUT2D eigenvalue weighted by Crippen LogP contribution is 2.14. The largest absolute Gasteiger partial charge is 0.475 e. The topological polar surface area (TPSA) is 73.1 Å². The van der Waals surface area contributed by atoms with Crippen LogP contribution in [-0.4, -0.2) is 21.2 Å². The summed E-state index contributed by atoms with van der Waals surface area (Å²) < 4.78 is 10.6. The lowest BCUT2D eigenvalue weighted by molar-refractivity contribution is 0.232. The van der Waals surface area contributed by atoms with Crippen molar-refractivity contribution in [1.29, 1.82) is 0 Å². The highest BCUT2D eigenvalue weighted by molar-refractivity contribution is 5.25. The Bertz CT molecular complexity index is 534. The lowest BCUT2D eigenvalue weighted by atomic mass is 10.2. The Labute approximate surface area is 118 Å². The van der Waals surface area contributed by atoms with Crippen molar-refractivity contribution < 1.29 is 9.26 Å². The zero-order valence-electron chi connectivity index (χ0n) is 12.3. The number of nitrogens with one attached hydrogen (secondary N) is 1. The molecule has 108 valence electrons. The van der Waals surface area contributed by atoms with E-state index < -0.39 is 0 Å². The van der Waals surface area contributed by atoms with Crippen LogP contribution in [0.15, 0.2) is 22.9 Å². The van der Waals surface area contributed by atoms with Gasteiger partial charge in [-0.25, -0.2) is 4.98 Å². The predicted molar refractivity (Wildman–Crippen MR) is 75.7 cm³/mol. The molecule has 0 radical (unpaired) electrons. The van der Waals surface area contributed by atoms with Crippen molar-refractivity contribution in [3.8, 4) is 5.88 Å². The molecule has 0 aliphatic rings. The summed E-state index contributed by atoms with van der Waals surface area (Å²) in [6.45, 7) is 8.56. The molecule has 0 atom stereocenters. The van der Waals surface area contributed by atoms with Crippen LogP contribution in [0.1, 0.15) is 45.0 Å². The predicted octanol–water partition coefficient (Wildman–Crippen LogP) is 2.99. The maximum atomic E-state index is 5.49. The van der Waals surface area contributed by atoms with Crippen molar-refractivity contribution in [2.24, 2.45) is 0 Å². The Morgan fingerprint density at radius 2 is 2.05 bits per heavy atom. The number of nitrogens with zero attached hydrogens (tertiary/aromatic N) is 3. The van der Waals surface area contributed by atoms with E-state index in [0.717, 1.165) is 5.56 Å². The Morgan fingerprint density at radius 3 is 2.60 bits per heavy atom. The summed E-state index contributed by atoms with van der Waals surface area (Å²) in [6.07, 6.45) is 1.89. The molecule has 0 amide bonds. The van der Waals surface area contributed by atoms with Crippen LogP contribution in [0.4, 0.5) is 6.01 Å².